The van der Waals surface area contributed by atoms with Gasteiger partial charge < -0.3 is 10.6 Å². The van der Waals surface area contributed by atoms with Crippen molar-refractivity contribution >= 4 is 11.3 Å². The van der Waals surface area contributed by atoms with Crippen molar-refractivity contribution in [1.29, 1.82) is 0 Å². The Labute approximate surface area is 131 Å². The summed E-state index contributed by atoms with van der Waals surface area (Å²) in [4.78, 5) is 3.84. The molecule has 0 bridgehead atoms. The van der Waals surface area contributed by atoms with Crippen molar-refractivity contribution in [3.05, 3.63) is 58.3 Å². The summed E-state index contributed by atoms with van der Waals surface area (Å²) < 4.78 is 0. The van der Waals surface area contributed by atoms with Crippen LogP contribution in [0.5, 0.6) is 0 Å². The van der Waals surface area contributed by atoms with Crippen LogP contribution in [0.4, 0.5) is 0 Å². The Kier molecular flexibility index (Phi) is 5.07. The highest BCUT2D eigenvalue weighted by molar-refractivity contribution is 7.10. The van der Waals surface area contributed by atoms with Gasteiger partial charge in [-0.2, -0.15) is 0 Å². The van der Waals surface area contributed by atoms with Crippen molar-refractivity contribution in [1.82, 2.24) is 4.90 Å². The van der Waals surface area contributed by atoms with E-state index in [0.29, 0.717) is 0 Å². The molecule has 0 radical (unpaired) electrons. The molecule has 1 aliphatic rings. The Bertz CT molecular complexity index is 515. The smallest absolute Gasteiger partial charge is 0.0519 e. The fraction of sp³-hybridized carbons (Fsp3) is 0.444. The summed E-state index contributed by atoms with van der Waals surface area (Å²) in [5, 5.41) is 2.11. The van der Waals surface area contributed by atoms with Gasteiger partial charge in [-0.05, 0) is 55.3 Å². The molecule has 0 saturated carbocycles. The number of thiophene rings is 1. The third-order valence-corrected chi connectivity index (χ3v) is 5.44. The summed E-state index contributed by atoms with van der Waals surface area (Å²) in [7, 11) is 0. The van der Waals surface area contributed by atoms with Crippen molar-refractivity contribution in [3.8, 4) is 0 Å². The van der Waals surface area contributed by atoms with E-state index in [1.54, 1.807) is 11.3 Å². The lowest BCUT2D eigenvalue weighted by atomic mass is 9.90. The highest BCUT2D eigenvalue weighted by Gasteiger charge is 2.21. The Morgan fingerprint density at radius 2 is 1.86 bits per heavy atom. The number of likely N-dealkylation sites (tertiary alicyclic amines) is 1. The lowest BCUT2D eigenvalue weighted by Gasteiger charge is -2.33. The molecular weight excluding hydrogens is 276 g/mol. The molecule has 0 amide bonds. The minimum absolute atomic E-state index is 0.177. The zero-order chi connectivity index (χ0) is 14.5. The van der Waals surface area contributed by atoms with Gasteiger partial charge in [0.1, 0.15) is 0 Å². The molecule has 2 N–H and O–H groups in total. The van der Waals surface area contributed by atoms with Crippen LogP contribution in [0.15, 0.2) is 47.8 Å². The molecule has 1 unspecified atom stereocenters. The van der Waals surface area contributed by atoms with E-state index in [4.69, 9.17) is 5.73 Å². The second kappa shape index (κ2) is 7.21. The average Bonchev–Trinajstić information content (AvgIpc) is 3.05. The minimum atomic E-state index is 0.177. The summed E-state index contributed by atoms with van der Waals surface area (Å²) in [5.41, 5.74) is 7.78. The van der Waals surface area contributed by atoms with Gasteiger partial charge in [0.15, 0.2) is 0 Å². The maximum Gasteiger partial charge on any atom is 0.0519 e. The number of nitrogens with zero attached hydrogens (tertiary/aromatic N) is 1. The highest BCUT2D eigenvalue weighted by atomic mass is 32.1. The minimum Gasteiger partial charge on any atom is -0.322 e. The first kappa shape index (κ1) is 14.8. The summed E-state index contributed by atoms with van der Waals surface area (Å²) in [6.45, 7) is 3.38. The molecular formula is C18H24N2S. The number of benzene rings is 1. The largest absolute Gasteiger partial charge is 0.322 e. The lowest BCUT2D eigenvalue weighted by Crippen LogP contribution is -2.38. The summed E-state index contributed by atoms with van der Waals surface area (Å²) in [5.74, 6) is 0.835. The molecule has 112 valence electrons. The van der Waals surface area contributed by atoms with E-state index in [-0.39, 0.29) is 6.04 Å². The molecule has 3 rings (SSSR count). The monoisotopic (exact) mass is 300 g/mol. The predicted octanol–water partition coefficient (Wildman–Crippen LogP) is 3.70. The van der Waals surface area contributed by atoms with Crippen LogP contribution in [0.1, 0.15) is 29.3 Å². The third-order valence-electron chi connectivity index (χ3n) is 4.44. The third kappa shape index (κ3) is 4.16. The standard InChI is InChI=1S/C18H24N2S/c19-17(18-7-4-12-21-18)14-20-10-8-16(9-11-20)13-15-5-2-1-3-6-15/h1-7,12,16-17H,8-11,13-14,19H2. The van der Waals surface area contributed by atoms with Gasteiger partial charge in [0.05, 0.1) is 6.04 Å². The normalized spacial score (nSPS) is 18.7. The number of nitrogens with two attached hydrogens (primary N) is 1. The van der Waals surface area contributed by atoms with E-state index >= 15 is 0 Å². The average molecular weight is 300 g/mol. The molecule has 1 aliphatic heterocycles. The molecule has 1 fully saturated rings. The second-order valence-corrected chi connectivity index (χ2v) is 7.03. The van der Waals surface area contributed by atoms with E-state index in [2.05, 4.69) is 52.7 Å². The van der Waals surface area contributed by atoms with Crippen LogP contribution >= 0.6 is 11.3 Å². The van der Waals surface area contributed by atoms with Gasteiger partial charge >= 0.3 is 0 Å². The van der Waals surface area contributed by atoms with Crippen LogP contribution in [0, 0.1) is 5.92 Å². The number of hydrogen-bond acceptors (Lipinski definition) is 3. The molecule has 2 nitrogen and oxygen atoms in total. The fourth-order valence-corrected chi connectivity index (χ4v) is 3.91. The van der Waals surface area contributed by atoms with Gasteiger partial charge in [0.25, 0.3) is 0 Å². The van der Waals surface area contributed by atoms with Gasteiger partial charge in [-0.25, -0.2) is 0 Å². The van der Waals surface area contributed by atoms with Crippen LogP contribution in [-0.2, 0) is 6.42 Å². The molecule has 1 aromatic carbocycles. The second-order valence-electron chi connectivity index (χ2n) is 6.06. The van der Waals surface area contributed by atoms with Crippen LogP contribution in [0.25, 0.3) is 0 Å². The molecule has 3 heteroatoms. The topological polar surface area (TPSA) is 29.3 Å². The molecule has 1 aromatic heterocycles. The molecule has 2 aromatic rings. The molecule has 21 heavy (non-hydrogen) atoms. The van der Waals surface area contributed by atoms with Crippen molar-refractivity contribution in [2.45, 2.75) is 25.3 Å². The van der Waals surface area contributed by atoms with Gasteiger partial charge in [-0.15, -0.1) is 11.3 Å². The van der Waals surface area contributed by atoms with E-state index in [1.807, 2.05) is 0 Å². The number of piperidine rings is 1. The Morgan fingerprint density at radius 1 is 1.10 bits per heavy atom. The predicted molar refractivity (Wildman–Crippen MR) is 90.6 cm³/mol. The summed E-state index contributed by atoms with van der Waals surface area (Å²) >= 11 is 1.77. The first-order valence-corrected chi connectivity index (χ1v) is 8.74. The van der Waals surface area contributed by atoms with Crippen LogP contribution in [-0.4, -0.2) is 24.5 Å². The first-order valence-electron chi connectivity index (χ1n) is 7.86. The van der Waals surface area contributed by atoms with E-state index in [1.165, 1.54) is 42.8 Å². The van der Waals surface area contributed by atoms with Crippen molar-refractivity contribution in [2.75, 3.05) is 19.6 Å². The van der Waals surface area contributed by atoms with Gasteiger partial charge in [0.2, 0.25) is 0 Å². The molecule has 0 aliphatic carbocycles. The molecule has 1 atom stereocenters. The van der Waals surface area contributed by atoms with Crippen LogP contribution in [0.3, 0.4) is 0 Å². The van der Waals surface area contributed by atoms with E-state index < -0.39 is 0 Å². The van der Waals surface area contributed by atoms with Crippen molar-refractivity contribution < 1.29 is 0 Å². The zero-order valence-corrected chi connectivity index (χ0v) is 13.3. The Morgan fingerprint density at radius 3 is 2.52 bits per heavy atom. The number of hydrogen-bond donors (Lipinski definition) is 1. The van der Waals surface area contributed by atoms with Gasteiger partial charge in [-0.1, -0.05) is 36.4 Å². The Balaban J connectivity index is 1.45. The highest BCUT2D eigenvalue weighted by Crippen LogP contribution is 2.24. The van der Waals surface area contributed by atoms with E-state index in [9.17, 15) is 0 Å². The summed E-state index contributed by atoms with van der Waals surface area (Å²) in [6.07, 6.45) is 3.82. The Hall–Kier alpha value is -1.16. The van der Waals surface area contributed by atoms with Gasteiger partial charge in [0, 0.05) is 11.4 Å². The number of rotatable bonds is 5. The molecule has 0 spiro atoms. The molecule has 1 saturated heterocycles. The zero-order valence-electron chi connectivity index (χ0n) is 12.4. The maximum atomic E-state index is 6.30. The SMILES string of the molecule is NC(CN1CCC(Cc2ccccc2)CC1)c1cccs1. The summed E-state index contributed by atoms with van der Waals surface area (Å²) in [6, 6.07) is 15.3. The van der Waals surface area contributed by atoms with Crippen molar-refractivity contribution in [2.24, 2.45) is 11.7 Å². The molecule has 2 heterocycles. The van der Waals surface area contributed by atoms with E-state index in [0.717, 1.165) is 12.5 Å². The van der Waals surface area contributed by atoms with Gasteiger partial charge in [-0.3, -0.25) is 0 Å². The lowest BCUT2D eigenvalue weighted by molar-refractivity contribution is 0.176. The quantitative estimate of drug-likeness (QED) is 0.912. The maximum absolute atomic E-state index is 6.30. The first-order chi connectivity index (χ1) is 10.3. The fourth-order valence-electron chi connectivity index (χ4n) is 3.19. The van der Waals surface area contributed by atoms with Crippen LogP contribution < -0.4 is 5.73 Å². The van der Waals surface area contributed by atoms with Crippen LogP contribution in [0.2, 0.25) is 0 Å². The van der Waals surface area contributed by atoms with Crippen molar-refractivity contribution in [3.63, 3.8) is 0 Å².